The summed E-state index contributed by atoms with van der Waals surface area (Å²) in [5.74, 6) is 3.71. The molecule has 0 saturated carbocycles. The fraction of sp³-hybridized carbons (Fsp3) is 0.320. The molecule has 1 aromatic carbocycles. The average Bonchev–Trinajstić information content (AvgIpc) is 3.53. The van der Waals surface area contributed by atoms with E-state index in [1.807, 2.05) is 0 Å². The first kappa shape index (κ1) is 25.6. The molecule has 1 amide bonds. The number of hydrogen-bond acceptors (Lipinski definition) is 8. The maximum absolute atomic E-state index is 14.9. The Kier molecular flexibility index (Phi) is 6.32. The minimum atomic E-state index is -1.09. The van der Waals surface area contributed by atoms with Gasteiger partial charge in [0.2, 0.25) is 5.91 Å². The number of anilines is 1. The highest BCUT2D eigenvalue weighted by Crippen LogP contribution is 2.39. The number of amides is 1. The zero-order chi connectivity index (χ0) is 27.4. The maximum Gasteiger partial charge on any atom is 0.246 e. The van der Waals surface area contributed by atoms with Gasteiger partial charge in [0.05, 0.1) is 35.7 Å². The van der Waals surface area contributed by atoms with Crippen LogP contribution in [0.3, 0.4) is 0 Å². The summed E-state index contributed by atoms with van der Waals surface area (Å²) in [6.45, 7) is 5.74. The number of fused-ring (bicyclic) bond motifs is 2. The van der Waals surface area contributed by atoms with Crippen molar-refractivity contribution in [2.45, 2.75) is 24.3 Å². The first-order valence-electron chi connectivity index (χ1n) is 11.6. The van der Waals surface area contributed by atoms with E-state index in [4.69, 9.17) is 23.1 Å². The third-order valence-corrected chi connectivity index (χ3v) is 7.22. The van der Waals surface area contributed by atoms with Gasteiger partial charge in [-0.3, -0.25) is 4.79 Å². The standard InChI is InChI=1S/C25H24F2N8O2S/c1-5-18(36)34-11-25(38,9-15(34)10-37-4)35-24-19(23(28)29-12-30-24)16(32-35)7-6-14-8-17-22(21(27)20(14)26)33(3)13(2)31-17/h5,8,12,15,38H,1,9-11H2,2-4H3,(H2,28,29,30)/t15-,25-/m1/s1. The highest BCUT2D eigenvalue weighted by molar-refractivity contribution is 7.81. The number of thiol groups is 1. The van der Waals surface area contributed by atoms with E-state index in [-0.39, 0.29) is 53.2 Å². The lowest BCUT2D eigenvalue weighted by molar-refractivity contribution is -0.127. The summed E-state index contributed by atoms with van der Waals surface area (Å²) in [6, 6.07) is 1.10. The molecule has 38 heavy (non-hydrogen) atoms. The number of nitrogens with zero attached hydrogens (tertiary/aromatic N) is 7. The molecule has 0 aliphatic carbocycles. The van der Waals surface area contributed by atoms with Crippen molar-refractivity contribution in [2.75, 3.05) is 26.0 Å². The van der Waals surface area contributed by atoms with E-state index in [0.29, 0.717) is 23.3 Å². The molecule has 4 aromatic rings. The van der Waals surface area contributed by atoms with Gasteiger partial charge in [0.25, 0.3) is 0 Å². The highest BCUT2D eigenvalue weighted by Gasteiger charge is 2.46. The molecule has 4 heterocycles. The van der Waals surface area contributed by atoms with Crippen molar-refractivity contribution in [2.24, 2.45) is 7.05 Å². The maximum atomic E-state index is 14.9. The molecule has 10 nitrogen and oxygen atoms in total. The number of hydrogen-bond donors (Lipinski definition) is 2. The SMILES string of the molecule is C=CC(=O)N1C[C@@](S)(n2nc(C#Cc3cc4nc(C)n(C)c4c(F)c3F)c3c(N)ncnc32)C[C@@H]1COC. The second-order valence-electron chi connectivity index (χ2n) is 9.07. The van der Waals surface area contributed by atoms with Crippen molar-refractivity contribution in [1.82, 2.24) is 34.2 Å². The second-order valence-corrected chi connectivity index (χ2v) is 9.90. The van der Waals surface area contributed by atoms with Gasteiger partial charge >= 0.3 is 0 Å². The van der Waals surface area contributed by atoms with E-state index in [1.165, 1.54) is 27.7 Å². The lowest BCUT2D eigenvalue weighted by Crippen LogP contribution is -2.38. The Morgan fingerprint density at radius 3 is 2.84 bits per heavy atom. The molecule has 0 unspecified atom stereocenters. The van der Waals surface area contributed by atoms with Crippen molar-refractivity contribution < 1.29 is 18.3 Å². The van der Waals surface area contributed by atoms with E-state index in [2.05, 4.69) is 38.5 Å². The largest absolute Gasteiger partial charge is 0.383 e. The number of carbonyl (C=O) groups excluding carboxylic acids is 1. The van der Waals surface area contributed by atoms with Gasteiger partial charge in [-0.05, 0) is 25.0 Å². The number of carbonyl (C=O) groups is 1. The van der Waals surface area contributed by atoms with Crippen LogP contribution < -0.4 is 5.73 Å². The molecule has 2 atom stereocenters. The number of halogens is 2. The van der Waals surface area contributed by atoms with Crippen LogP contribution in [-0.4, -0.2) is 66.4 Å². The first-order valence-corrected chi connectivity index (χ1v) is 12.0. The Bertz CT molecular complexity index is 1690. The minimum absolute atomic E-state index is 0.0559. The van der Waals surface area contributed by atoms with Crippen LogP contribution >= 0.6 is 12.6 Å². The summed E-state index contributed by atoms with van der Waals surface area (Å²) in [5, 5.41) is 4.94. The van der Waals surface area contributed by atoms with Crippen molar-refractivity contribution in [1.29, 1.82) is 0 Å². The fourth-order valence-electron chi connectivity index (χ4n) is 4.81. The summed E-state index contributed by atoms with van der Waals surface area (Å²) in [6.07, 6.45) is 2.89. The Labute approximate surface area is 221 Å². The number of aromatic nitrogens is 6. The number of imidazole rings is 1. The molecule has 1 aliphatic heterocycles. The average molecular weight is 539 g/mol. The van der Waals surface area contributed by atoms with Gasteiger partial charge in [0.1, 0.15) is 34.1 Å². The molecule has 1 aliphatic rings. The number of nitrogen functional groups attached to an aromatic ring is 1. The summed E-state index contributed by atoms with van der Waals surface area (Å²) in [5.41, 5.74) is 6.80. The number of ether oxygens (including phenoxy) is 1. The Hall–Kier alpha value is -4.02. The van der Waals surface area contributed by atoms with Crippen molar-refractivity contribution >= 4 is 46.4 Å². The van der Waals surface area contributed by atoms with Gasteiger partial charge in [-0.25, -0.2) is 28.4 Å². The molecular formula is C25H24F2N8O2S. The molecule has 1 saturated heterocycles. The van der Waals surface area contributed by atoms with Crippen molar-refractivity contribution in [3.8, 4) is 11.8 Å². The predicted octanol–water partition coefficient (Wildman–Crippen LogP) is 2.30. The van der Waals surface area contributed by atoms with Gasteiger partial charge in [-0.15, -0.1) is 12.6 Å². The molecule has 0 radical (unpaired) electrons. The highest BCUT2D eigenvalue weighted by atomic mass is 32.1. The molecule has 196 valence electrons. The number of methoxy groups -OCH3 is 1. The molecule has 2 N–H and O–H groups in total. The van der Waals surface area contributed by atoms with Crippen LogP contribution in [0.4, 0.5) is 14.6 Å². The minimum Gasteiger partial charge on any atom is -0.383 e. The normalized spacial score (nSPS) is 19.2. The summed E-state index contributed by atoms with van der Waals surface area (Å²) in [4.78, 5) is 25.8. The monoisotopic (exact) mass is 538 g/mol. The van der Waals surface area contributed by atoms with E-state index in [0.717, 1.165) is 0 Å². The number of nitrogens with two attached hydrogens (primary N) is 1. The van der Waals surface area contributed by atoms with Crippen LogP contribution in [-0.2, 0) is 21.5 Å². The van der Waals surface area contributed by atoms with Crippen LogP contribution in [0.1, 0.15) is 23.5 Å². The van der Waals surface area contributed by atoms with E-state index >= 15 is 0 Å². The number of likely N-dealkylation sites (tertiary alicyclic amines) is 1. The summed E-state index contributed by atoms with van der Waals surface area (Å²) >= 11 is 4.91. The van der Waals surface area contributed by atoms with Crippen molar-refractivity contribution in [3.05, 3.63) is 53.8 Å². The molecule has 13 heteroatoms. The molecule has 0 spiro atoms. The van der Waals surface area contributed by atoms with Gasteiger partial charge in [0.15, 0.2) is 17.3 Å². The number of aryl methyl sites for hydroxylation is 2. The quantitative estimate of drug-likeness (QED) is 0.233. The predicted molar refractivity (Wildman–Crippen MR) is 140 cm³/mol. The van der Waals surface area contributed by atoms with Crippen molar-refractivity contribution in [3.63, 3.8) is 0 Å². The van der Waals surface area contributed by atoms with Crippen LogP contribution in [0.2, 0.25) is 0 Å². The third kappa shape index (κ3) is 3.97. The van der Waals surface area contributed by atoms with Crippen LogP contribution in [0, 0.1) is 30.4 Å². The number of benzene rings is 1. The van der Waals surface area contributed by atoms with Crippen LogP contribution in [0.5, 0.6) is 0 Å². The van der Waals surface area contributed by atoms with Crippen LogP contribution in [0.15, 0.2) is 25.0 Å². The molecule has 5 rings (SSSR count). The zero-order valence-corrected chi connectivity index (χ0v) is 21.8. The van der Waals surface area contributed by atoms with Gasteiger partial charge in [-0.2, -0.15) is 5.10 Å². The zero-order valence-electron chi connectivity index (χ0n) is 20.9. The van der Waals surface area contributed by atoms with Gasteiger partial charge < -0.3 is 19.9 Å². The van der Waals surface area contributed by atoms with E-state index in [1.54, 1.807) is 26.0 Å². The molecule has 1 fully saturated rings. The topological polar surface area (TPSA) is 117 Å². The molecular weight excluding hydrogens is 514 g/mol. The molecule has 0 bridgehead atoms. The van der Waals surface area contributed by atoms with Crippen LogP contribution in [0.25, 0.3) is 22.1 Å². The Morgan fingerprint density at radius 1 is 1.37 bits per heavy atom. The second kappa shape index (κ2) is 9.38. The third-order valence-electron chi connectivity index (χ3n) is 6.71. The van der Waals surface area contributed by atoms with Gasteiger partial charge in [0, 0.05) is 20.6 Å². The summed E-state index contributed by atoms with van der Waals surface area (Å²) in [7, 11) is 3.16. The smallest absolute Gasteiger partial charge is 0.246 e. The summed E-state index contributed by atoms with van der Waals surface area (Å²) < 4.78 is 38.1. The lowest BCUT2D eigenvalue weighted by atomic mass is 10.1. The fourth-order valence-corrected chi connectivity index (χ4v) is 5.31. The molecule has 3 aromatic heterocycles. The first-order chi connectivity index (χ1) is 18.1. The van der Waals surface area contributed by atoms with E-state index in [9.17, 15) is 13.6 Å². The Balaban J connectivity index is 1.63. The lowest BCUT2D eigenvalue weighted by Gasteiger charge is -2.24. The van der Waals surface area contributed by atoms with Gasteiger partial charge in [-0.1, -0.05) is 12.5 Å². The Morgan fingerprint density at radius 2 is 2.13 bits per heavy atom. The van der Waals surface area contributed by atoms with E-state index < -0.39 is 16.5 Å². The number of rotatable bonds is 4.